The summed E-state index contributed by atoms with van der Waals surface area (Å²) in [7, 11) is 1.58. The van der Waals surface area contributed by atoms with Gasteiger partial charge >= 0.3 is 5.97 Å². The number of aryl methyl sites for hydroxylation is 1. The van der Waals surface area contributed by atoms with E-state index in [-0.39, 0.29) is 6.54 Å². The van der Waals surface area contributed by atoms with Crippen molar-refractivity contribution in [3.8, 4) is 11.5 Å². The Morgan fingerprint density at radius 1 is 1.29 bits per heavy atom. The Bertz CT molecular complexity index is 718. The van der Waals surface area contributed by atoms with Gasteiger partial charge in [0.15, 0.2) is 11.5 Å². The molecule has 0 aliphatic heterocycles. The van der Waals surface area contributed by atoms with Crippen molar-refractivity contribution in [1.82, 2.24) is 5.32 Å². The van der Waals surface area contributed by atoms with Gasteiger partial charge in [0.25, 0.3) is 0 Å². The average Bonchev–Trinajstić information content (AvgIpc) is 2.54. The van der Waals surface area contributed by atoms with Crippen LogP contribution in [0.5, 0.6) is 11.5 Å². The van der Waals surface area contributed by atoms with Crippen LogP contribution in [-0.4, -0.2) is 24.7 Å². The van der Waals surface area contributed by atoms with Crippen LogP contribution in [0.3, 0.4) is 0 Å². The van der Waals surface area contributed by atoms with E-state index in [0.29, 0.717) is 24.7 Å². The highest BCUT2D eigenvalue weighted by molar-refractivity contribution is 9.10. The van der Waals surface area contributed by atoms with Crippen LogP contribution >= 0.6 is 15.9 Å². The molecule has 0 bridgehead atoms. The second-order valence-corrected chi connectivity index (χ2v) is 6.19. The zero-order valence-corrected chi connectivity index (χ0v) is 15.2. The summed E-state index contributed by atoms with van der Waals surface area (Å²) < 4.78 is 12.2. The summed E-state index contributed by atoms with van der Waals surface area (Å²) in [4.78, 5) is 10.7. The van der Waals surface area contributed by atoms with E-state index in [4.69, 9.17) is 14.6 Å². The number of methoxy groups -OCH3 is 1. The van der Waals surface area contributed by atoms with Crippen LogP contribution in [0, 0.1) is 6.92 Å². The van der Waals surface area contributed by atoms with Gasteiger partial charge in [0.05, 0.1) is 13.7 Å². The standard InChI is InChI=1S/C18H20BrNO4/c1-12-4-3-5-13(8-12)11-24-18-14(9-20-10-17(21)22)15(19)6-7-16(18)23-2/h3-8,20H,9-11H2,1-2H3,(H,21,22). The third-order valence-corrected chi connectivity index (χ3v) is 4.17. The molecule has 0 aliphatic carbocycles. The monoisotopic (exact) mass is 393 g/mol. The molecule has 0 unspecified atom stereocenters. The van der Waals surface area contributed by atoms with E-state index >= 15 is 0 Å². The Labute approximate surface area is 149 Å². The molecule has 2 rings (SSSR count). The molecule has 0 fully saturated rings. The molecule has 24 heavy (non-hydrogen) atoms. The Morgan fingerprint density at radius 2 is 2.08 bits per heavy atom. The molecule has 0 saturated heterocycles. The minimum atomic E-state index is -0.906. The summed E-state index contributed by atoms with van der Waals surface area (Å²) in [5, 5.41) is 11.7. The van der Waals surface area contributed by atoms with E-state index in [1.807, 2.05) is 37.3 Å². The first-order valence-corrected chi connectivity index (χ1v) is 8.26. The summed E-state index contributed by atoms with van der Waals surface area (Å²) in [6.07, 6.45) is 0. The Morgan fingerprint density at radius 3 is 2.75 bits per heavy atom. The number of benzene rings is 2. The van der Waals surface area contributed by atoms with Gasteiger partial charge in [0.1, 0.15) is 6.61 Å². The zero-order chi connectivity index (χ0) is 17.5. The molecule has 0 aromatic heterocycles. The lowest BCUT2D eigenvalue weighted by molar-refractivity contribution is -0.136. The quantitative estimate of drug-likeness (QED) is 0.717. The van der Waals surface area contributed by atoms with Crippen molar-refractivity contribution in [3.05, 3.63) is 57.6 Å². The topological polar surface area (TPSA) is 67.8 Å². The van der Waals surface area contributed by atoms with E-state index in [9.17, 15) is 4.79 Å². The van der Waals surface area contributed by atoms with Crippen LogP contribution in [0.15, 0.2) is 40.9 Å². The first-order valence-electron chi connectivity index (χ1n) is 7.47. The number of aliphatic carboxylic acids is 1. The lowest BCUT2D eigenvalue weighted by Gasteiger charge is -2.17. The number of rotatable bonds is 8. The highest BCUT2D eigenvalue weighted by Gasteiger charge is 2.15. The third-order valence-electron chi connectivity index (χ3n) is 3.43. The molecule has 0 heterocycles. The molecule has 0 saturated carbocycles. The maximum atomic E-state index is 10.7. The minimum Gasteiger partial charge on any atom is -0.493 e. The van der Waals surface area contributed by atoms with Crippen molar-refractivity contribution >= 4 is 21.9 Å². The number of hydrogen-bond donors (Lipinski definition) is 2. The molecule has 0 atom stereocenters. The zero-order valence-electron chi connectivity index (χ0n) is 13.6. The highest BCUT2D eigenvalue weighted by Crippen LogP contribution is 2.36. The lowest BCUT2D eigenvalue weighted by Crippen LogP contribution is -2.22. The van der Waals surface area contributed by atoms with Gasteiger partial charge in [-0.3, -0.25) is 4.79 Å². The summed E-state index contributed by atoms with van der Waals surface area (Å²) in [6.45, 7) is 2.67. The fraction of sp³-hybridized carbons (Fsp3) is 0.278. The molecule has 0 amide bonds. The molecule has 128 valence electrons. The first-order chi connectivity index (χ1) is 11.5. The first kappa shape index (κ1) is 18.3. The summed E-state index contributed by atoms with van der Waals surface area (Å²) in [5.74, 6) is 0.306. The second kappa shape index (κ2) is 8.70. The number of hydrogen-bond acceptors (Lipinski definition) is 4. The number of nitrogens with one attached hydrogen (secondary N) is 1. The van der Waals surface area contributed by atoms with Crippen LogP contribution in [-0.2, 0) is 17.9 Å². The van der Waals surface area contributed by atoms with Crippen LogP contribution in [0.4, 0.5) is 0 Å². The van der Waals surface area contributed by atoms with Gasteiger partial charge in [-0.2, -0.15) is 0 Å². The van der Waals surface area contributed by atoms with Gasteiger partial charge < -0.3 is 19.9 Å². The number of carboxylic acids is 1. The van der Waals surface area contributed by atoms with Crippen molar-refractivity contribution in [1.29, 1.82) is 0 Å². The fourth-order valence-electron chi connectivity index (χ4n) is 2.32. The molecule has 2 aromatic rings. The van der Waals surface area contributed by atoms with Crippen molar-refractivity contribution in [2.24, 2.45) is 0 Å². The van der Waals surface area contributed by atoms with Gasteiger partial charge in [-0.25, -0.2) is 0 Å². The van der Waals surface area contributed by atoms with Crippen LogP contribution in [0.2, 0.25) is 0 Å². The average molecular weight is 394 g/mol. The van der Waals surface area contributed by atoms with Crippen molar-refractivity contribution in [3.63, 3.8) is 0 Å². The van der Waals surface area contributed by atoms with Crippen LogP contribution in [0.25, 0.3) is 0 Å². The largest absolute Gasteiger partial charge is 0.493 e. The molecule has 5 nitrogen and oxygen atoms in total. The normalized spacial score (nSPS) is 10.5. The van der Waals surface area contributed by atoms with Crippen LogP contribution < -0.4 is 14.8 Å². The molecule has 0 aliphatic rings. The number of carboxylic acid groups (broad SMARTS) is 1. The molecular formula is C18H20BrNO4. The SMILES string of the molecule is COc1ccc(Br)c(CNCC(=O)O)c1OCc1cccc(C)c1. The molecule has 6 heteroatoms. The number of ether oxygens (including phenoxy) is 2. The van der Waals surface area contributed by atoms with E-state index in [1.54, 1.807) is 7.11 Å². The maximum absolute atomic E-state index is 10.7. The lowest BCUT2D eigenvalue weighted by atomic mass is 10.1. The third kappa shape index (κ3) is 4.97. The van der Waals surface area contributed by atoms with E-state index in [1.165, 1.54) is 5.56 Å². The van der Waals surface area contributed by atoms with Crippen molar-refractivity contribution in [2.75, 3.05) is 13.7 Å². The highest BCUT2D eigenvalue weighted by atomic mass is 79.9. The predicted molar refractivity (Wildman–Crippen MR) is 95.5 cm³/mol. The molecule has 0 radical (unpaired) electrons. The van der Waals surface area contributed by atoms with Crippen LogP contribution in [0.1, 0.15) is 16.7 Å². The van der Waals surface area contributed by atoms with Gasteiger partial charge in [-0.1, -0.05) is 45.8 Å². The maximum Gasteiger partial charge on any atom is 0.317 e. The van der Waals surface area contributed by atoms with E-state index < -0.39 is 5.97 Å². The van der Waals surface area contributed by atoms with E-state index in [2.05, 4.69) is 27.3 Å². The number of halogens is 1. The molecule has 2 N–H and O–H groups in total. The molecule has 2 aromatic carbocycles. The predicted octanol–water partition coefficient (Wildman–Crippen LogP) is 3.52. The van der Waals surface area contributed by atoms with Gasteiger partial charge in [-0.15, -0.1) is 0 Å². The summed E-state index contributed by atoms with van der Waals surface area (Å²) in [6, 6.07) is 11.8. The van der Waals surface area contributed by atoms with Crippen molar-refractivity contribution < 1.29 is 19.4 Å². The smallest absolute Gasteiger partial charge is 0.317 e. The molecular weight excluding hydrogens is 374 g/mol. The van der Waals surface area contributed by atoms with Gasteiger partial charge in [0.2, 0.25) is 0 Å². The summed E-state index contributed by atoms with van der Waals surface area (Å²) in [5.41, 5.74) is 3.05. The molecule has 0 spiro atoms. The van der Waals surface area contributed by atoms with Gasteiger partial charge in [-0.05, 0) is 24.6 Å². The van der Waals surface area contributed by atoms with E-state index in [0.717, 1.165) is 15.6 Å². The Balaban J connectivity index is 2.21. The minimum absolute atomic E-state index is 0.124. The Hall–Kier alpha value is -2.05. The van der Waals surface area contributed by atoms with Crippen molar-refractivity contribution in [2.45, 2.75) is 20.1 Å². The Kier molecular flexibility index (Phi) is 6.63. The fourth-order valence-corrected chi connectivity index (χ4v) is 2.77. The number of carbonyl (C=O) groups is 1. The summed E-state index contributed by atoms with van der Waals surface area (Å²) >= 11 is 3.49. The van der Waals surface area contributed by atoms with Gasteiger partial charge in [0, 0.05) is 16.6 Å². The second-order valence-electron chi connectivity index (χ2n) is 5.33.